The summed E-state index contributed by atoms with van der Waals surface area (Å²) in [5, 5.41) is 4.12. The van der Waals surface area contributed by atoms with Crippen LogP contribution in [0.1, 0.15) is 13.8 Å². The van der Waals surface area contributed by atoms with Gasteiger partial charge in [-0.2, -0.15) is 5.10 Å². The number of hydrogen-bond donors (Lipinski definition) is 0. The Morgan fingerprint density at radius 2 is 2.36 bits per heavy atom. The molecule has 0 bridgehead atoms. The van der Waals surface area contributed by atoms with Gasteiger partial charge in [0.25, 0.3) is 0 Å². The van der Waals surface area contributed by atoms with Gasteiger partial charge in [-0.05, 0) is 5.92 Å². The first-order valence-electron chi connectivity index (χ1n) is 3.79. The van der Waals surface area contributed by atoms with E-state index in [4.69, 9.17) is 4.74 Å². The highest BCUT2D eigenvalue weighted by Gasteiger charge is 1.98. The lowest BCUT2D eigenvalue weighted by atomic mass is 10.2. The molecule has 0 fully saturated rings. The van der Waals surface area contributed by atoms with Crippen LogP contribution < -0.4 is 4.74 Å². The third kappa shape index (κ3) is 2.26. The molecule has 1 rings (SSSR count). The van der Waals surface area contributed by atoms with E-state index in [1.807, 2.05) is 10.9 Å². The standard InChI is InChI=1S/C8H14N2O/c1-7(2)5-10-6-8(11-3)4-9-10/h4,6-7H,5H2,1-3H3. The van der Waals surface area contributed by atoms with E-state index in [-0.39, 0.29) is 0 Å². The molecule has 3 heteroatoms. The van der Waals surface area contributed by atoms with Crippen molar-refractivity contribution in [1.29, 1.82) is 0 Å². The van der Waals surface area contributed by atoms with E-state index in [1.54, 1.807) is 13.3 Å². The van der Waals surface area contributed by atoms with Crippen molar-refractivity contribution in [2.24, 2.45) is 5.92 Å². The van der Waals surface area contributed by atoms with E-state index in [0.29, 0.717) is 5.92 Å². The number of hydrogen-bond acceptors (Lipinski definition) is 2. The smallest absolute Gasteiger partial charge is 0.156 e. The molecule has 3 nitrogen and oxygen atoms in total. The Hall–Kier alpha value is -0.990. The van der Waals surface area contributed by atoms with Crippen LogP contribution in [0.15, 0.2) is 12.4 Å². The van der Waals surface area contributed by atoms with Crippen LogP contribution in [0, 0.1) is 5.92 Å². The van der Waals surface area contributed by atoms with Crippen molar-refractivity contribution in [3.8, 4) is 5.75 Å². The van der Waals surface area contributed by atoms with Crippen LogP contribution >= 0.6 is 0 Å². The average molecular weight is 154 g/mol. The zero-order chi connectivity index (χ0) is 8.27. The van der Waals surface area contributed by atoms with Crippen LogP contribution in [-0.4, -0.2) is 16.9 Å². The summed E-state index contributed by atoms with van der Waals surface area (Å²) in [5.41, 5.74) is 0. The van der Waals surface area contributed by atoms with Crippen LogP contribution in [0.25, 0.3) is 0 Å². The minimum absolute atomic E-state index is 0.625. The van der Waals surface area contributed by atoms with Crippen LogP contribution in [0.5, 0.6) is 5.75 Å². The second kappa shape index (κ2) is 3.42. The molecule has 0 aliphatic heterocycles. The fraction of sp³-hybridized carbons (Fsp3) is 0.625. The van der Waals surface area contributed by atoms with Crippen LogP contribution in [0.4, 0.5) is 0 Å². The predicted octanol–water partition coefficient (Wildman–Crippen LogP) is 1.55. The second-order valence-corrected chi connectivity index (χ2v) is 3.00. The van der Waals surface area contributed by atoms with E-state index in [2.05, 4.69) is 18.9 Å². The van der Waals surface area contributed by atoms with E-state index >= 15 is 0 Å². The maximum atomic E-state index is 4.99. The number of nitrogens with zero attached hydrogens (tertiary/aromatic N) is 2. The second-order valence-electron chi connectivity index (χ2n) is 3.00. The third-order valence-electron chi connectivity index (χ3n) is 1.40. The molecule has 0 aromatic carbocycles. The summed E-state index contributed by atoms with van der Waals surface area (Å²) in [6, 6.07) is 0. The summed E-state index contributed by atoms with van der Waals surface area (Å²) >= 11 is 0. The highest BCUT2D eigenvalue weighted by molar-refractivity contribution is 5.10. The molecule has 11 heavy (non-hydrogen) atoms. The highest BCUT2D eigenvalue weighted by atomic mass is 16.5. The summed E-state index contributed by atoms with van der Waals surface area (Å²) < 4.78 is 6.89. The molecule has 0 amide bonds. The van der Waals surface area contributed by atoms with Crippen molar-refractivity contribution in [3.05, 3.63) is 12.4 Å². The molecule has 0 saturated heterocycles. The summed E-state index contributed by atoms with van der Waals surface area (Å²) in [6.07, 6.45) is 3.63. The number of ether oxygens (including phenoxy) is 1. The molecule has 1 aromatic rings. The van der Waals surface area contributed by atoms with Gasteiger partial charge in [-0.3, -0.25) is 4.68 Å². The van der Waals surface area contributed by atoms with Gasteiger partial charge in [0.15, 0.2) is 5.75 Å². The van der Waals surface area contributed by atoms with Crippen molar-refractivity contribution in [3.63, 3.8) is 0 Å². The van der Waals surface area contributed by atoms with E-state index in [1.165, 1.54) is 0 Å². The maximum Gasteiger partial charge on any atom is 0.156 e. The van der Waals surface area contributed by atoms with Gasteiger partial charge in [0.05, 0.1) is 19.5 Å². The predicted molar refractivity (Wildman–Crippen MR) is 43.6 cm³/mol. The Morgan fingerprint density at radius 3 is 2.82 bits per heavy atom. The minimum atomic E-state index is 0.625. The molecule has 0 aliphatic carbocycles. The molecular formula is C8H14N2O. The van der Waals surface area contributed by atoms with Crippen molar-refractivity contribution < 1.29 is 4.74 Å². The molecule has 0 radical (unpaired) electrons. The first-order chi connectivity index (χ1) is 5.22. The lowest BCUT2D eigenvalue weighted by molar-refractivity contribution is 0.412. The van der Waals surface area contributed by atoms with Crippen molar-refractivity contribution in [2.45, 2.75) is 20.4 Å². The number of aromatic nitrogens is 2. The third-order valence-corrected chi connectivity index (χ3v) is 1.40. The van der Waals surface area contributed by atoms with Gasteiger partial charge >= 0.3 is 0 Å². The lowest BCUT2D eigenvalue weighted by Gasteiger charge is -2.02. The van der Waals surface area contributed by atoms with Crippen LogP contribution in [0.2, 0.25) is 0 Å². The largest absolute Gasteiger partial charge is 0.493 e. The number of methoxy groups -OCH3 is 1. The van der Waals surface area contributed by atoms with Crippen molar-refractivity contribution in [1.82, 2.24) is 9.78 Å². The van der Waals surface area contributed by atoms with Crippen molar-refractivity contribution >= 4 is 0 Å². The van der Waals surface area contributed by atoms with E-state index in [9.17, 15) is 0 Å². The minimum Gasteiger partial charge on any atom is -0.493 e. The molecule has 62 valence electrons. The topological polar surface area (TPSA) is 27.1 Å². The van der Waals surface area contributed by atoms with Crippen molar-refractivity contribution in [2.75, 3.05) is 7.11 Å². The molecule has 0 N–H and O–H groups in total. The Labute approximate surface area is 67.0 Å². The SMILES string of the molecule is COc1cnn(CC(C)C)c1. The van der Waals surface area contributed by atoms with Gasteiger partial charge in [0.2, 0.25) is 0 Å². The zero-order valence-corrected chi connectivity index (χ0v) is 7.24. The quantitative estimate of drug-likeness (QED) is 0.660. The fourth-order valence-electron chi connectivity index (χ4n) is 0.924. The lowest BCUT2D eigenvalue weighted by Crippen LogP contribution is -2.03. The van der Waals surface area contributed by atoms with Gasteiger partial charge in [-0.15, -0.1) is 0 Å². The van der Waals surface area contributed by atoms with Crippen LogP contribution in [0.3, 0.4) is 0 Å². The molecule has 1 heterocycles. The maximum absolute atomic E-state index is 4.99. The van der Waals surface area contributed by atoms with E-state index < -0.39 is 0 Å². The first kappa shape index (κ1) is 8.11. The van der Waals surface area contributed by atoms with Gasteiger partial charge in [0, 0.05) is 6.54 Å². The van der Waals surface area contributed by atoms with E-state index in [0.717, 1.165) is 12.3 Å². The normalized spacial score (nSPS) is 10.5. The number of rotatable bonds is 3. The zero-order valence-electron chi connectivity index (χ0n) is 7.24. The molecular weight excluding hydrogens is 140 g/mol. The molecule has 1 aromatic heterocycles. The molecule has 0 aliphatic rings. The summed E-state index contributed by atoms with van der Waals surface area (Å²) in [5.74, 6) is 1.45. The Morgan fingerprint density at radius 1 is 1.64 bits per heavy atom. The fourth-order valence-corrected chi connectivity index (χ4v) is 0.924. The molecule has 0 atom stereocenters. The summed E-state index contributed by atoms with van der Waals surface area (Å²) in [4.78, 5) is 0. The Kier molecular flexibility index (Phi) is 2.52. The molecule has 0 spiro atoms. The molecule has 0 saturated carbocycles. The van der Waals surface area contributed by atoms with Gasteiger partial charge in [-0.25, -0.2) is 0 Å². The molecule has 0 unspecified atom stereocenters. The highest BCUT2D eigenvalue weighted by Crippen LogP contribution is 2.08. The van der Waals surface area contributed by atoms with Crippen LogP contribution in [-0.2, 0) is 6.54 Å². The average Bonchev–Trinajstić information content (AvgIpc) is 2.34. The summed E-state index contributed by atoms with van der Waals surface area (Å²) in [7, 11) is 1.65. The van der Waals surface area contributed by atoms with Gasteiger partial charge < -0.3 is 4.74 Å². The Balaban J connectivity index is 2.58. The van der Waals surface area contributed by atoms with Gasteiger partial charge in [-0.1, -0.05) is 13.8 Å². The summed E-state index contributed by atoms with van der Waals surface area (Å²) in [6.45, 7) is 5.27. The van der Waals surface area contributed by atoms with Gasteiger partial charge in [0.1, 0.15) is 0 Å². The Bertz CT molecular complexity index is 218. The first-order valence-corrected chi connectivity index (χ1v) is 3.79. The monoisotopic (exact) mass is 154 g/mol.